The number of hydrogen-bond donors (Lipinski definition) is 1. The lowest BCUT2D eigenvalue weighted by atomic mass is 10.1. The third-order valence-corrected chi connectivity index (χ3v) is 5.61. The molecular weight excluding hydrogens is 314 g/mol. The third kappa shape index (κ3) is 4.71. The van der Waals surface area contributed by atoms with Crippen molar-refractivity contribution in [1.82, 2.24) is 5.32 Å². The van der Waals surface area contributed by atoms with Crippen molar-refractivity contribution in [3.63, 3.8) is 0 Å². The minimum atomic E-state index is -2.96. The zero-order valence-corrected chi connectivity index (χ0v) is 13.4. The van der Waals surface area contributed by atoms with E-state index in [1.54, 1.807) is 13.8 Å². The fourth-order valence-electron chi connectivity index (χ4n) is 1.55. The van der Waals surface area contributed by atoms with Crippen LogP contribution in [0.5, 0.6) is 0 Å². The van der Waals surface area contributed by atoms with Gasteiger partial charge in [0.05, 0.1) is 11.0 Å². The molecule has 18 heavy (non-hydrogen) atoms. The van der Waals surface area contributed by atoms with E-state index in [0.717, 1.165) is 10.0 Å². The van der Waals surface area contributed by atoms with E-state index < -0.39 is 9.84 Å². The molecule has 1 atom stereocenters. The lowest BCUT2D eigenvalue weighted by Crippen LogP contribution is -2.29. The van der Waals surface area contributed by atoms with Crippen molar-refractivity contribution < 1.29 is 8.42 Å². The summed E-state index contributed by atoms with van der Waals surface area (Å²) in [4.78, 5) is 0. The molecule has 5 heteroatoms. The lowest BCUT2D eigenvalue weighted by molar-refractivity contribution is 0.566. The summed E-state index contributed by atoms with van der Waals surface area (Å²) in [6, 6.07) is 8.15. The van der Waals surface area contributed by atoms with Crippen LogP contribution in [0.25, 0.3) is 0 Å². The molecule has 0 bridgehead atoms. The SMILES string of the molecule is CC(C)S(=O)(=O)CCN[C@@H](C)c1cccc(Br)c1. The maximum Gasteiger partial charge on any atom is 0.153 e. The highest BCUT2D eigenvalue weighted by atomic mass is 79.9. The van der Waals surface area contributed by atoms with Crippen LogP contribution in [0.15, 0.2) is 28.7 Å². The second kappa shape index (κ2) is 6.68. The van der Waals surface area contributed by atoms with Crippen LogP contribution >= 0.6 is 15.9 Å². The van der Waals surface area contributed by atoms with Crippen molar-refractivity contribution >= 4 is 25.8 Å². The Morgan fingerprint density at radius 2 is 1.94 bits per heavy atom. The van der Waals surface area contributed by atoms with Gasteiger partial charge in [-0.05, 0) is 38.5 Å². The summed E-state index contributed by atoms with van der Waals surface area (Å²) >= 11 is 3.43. The first-order chi connectivity index (χ1) is 8.33. The molecule has 0 heterocycles. The van der Waals surface area contributed by atoms with Crippen LogP contribution in [0.3, 0.4) is 0 Å². The summed E-state index contributed by atoms with van der Waals surface area (Å²) in [5.74, 6) is 0.184. The van der Waals surface area contributed by atoms with Crippen LogP contribution in [-0.2, 0) is 9.84 Å². The Morgan fingerprint density at radius 3 is 2.50 bits per heavy atom. The minimum absolute atomic E-state index is 0.143. The zero-order valence-electron chi connectivity index (χ0n) is 11.0. The van der Waals surface area contributed by atoms with Gasteiger partial charge in [-0.1, -0.05) is 28.1 Å². The minimum Gasteiger partial charge on any atom is -0.309 e. The highest BCUT2D eigenvalue weighted by molar-refractivity contribution is 9.10. The van der Waals surface area contributed by atoms with Gasteiger partial charge >= 0.3 is 0 Å². The second-order valence-electron chi connectivity index (χ2n) is 4.65. The number of halogens is 1. The highest BCUT2D eigenvalue weighted by Gasteiger charge is 2.16. The Hall–Kier alpha value is -0.390. The van der Waals surface area contributed by atoms with Crippen LogP contribution < -0.4 is 5.32 Å². The average molecular weight is 334 g/mol. The van der Waals surface area contributed by atoms with Gasteiger partial charge in [-0.3, -0.25) is 0 Å². The molecule has 0 aromatic heterocycles. The second-order valence-corrected chi connectivity index (χ2v) is 8.24. The van der Waals surface area contributed by atoms with Crippen LogP contribution in [0.4, 0.5) is 0 Å². The predicted octanol–water partition coefficient (Wildman–Crippen LogP) is 2.92. The van der Waals surface area contributed by atoms with Gasteiger partial charge in [0, 0.05) is 17.1 Å². The number of sulfone groups is 1. The molecule has 0 spiro atoms. The fourth-order valence-corrected chi connectivity index (χ4v) is 2.84. The summed E-state index contributed by atoms with van der Waals surface area (Å²) < 4.78 is 24.3. The Bertz CT molecular complexity index is 486. The maximum atomic E-state index is 11.7. The standard InChI is InChI=1S/C13H20BrNO2S/c1-10(2)18(16,17)8-7-15-11(3)12-5-4-6-13(14)9-12/h4-6,9-11,15H,7-8H2,1-3H3/t11-/m0/s1. The number of nitrogens with one attached hydrogen (secondary N) is 1. The van der Waals surface area contributed by atoms with Gasteiger partial charge in [-0.25, -0.2) is 8.42 Å². The Morgan fingerprint density at radius 1 is 1.28 bits per heavy atom. The van der Waals surface area contributed by atoms with Gasteiger partial charge in [0.25, 0.3) is 0 Å². The first-order valence-corrected chi connectivity index (χ1v) is 8.54. The average Bonchev–Trinajstić information content (AvgIpc) is 2.28. The van der Waals surface area contributed by atoms with E-state index in [2.05, 4.69) is 21.2 Å². The molecule has 1 aromatic rings. The molecule has 102 valence electrons. The first-order valence-electron chi connectivity index (χ1n) is 6.03. The summed E-state index contributed by atoms with van der Waals surface area (Å²) in [5, 5.41) is 2.93. The Kier molecular flexibility index (Phi) is 5.82. The summed E-state index contributed by atoms with van der Waals surface area (Å²) in [6.45, 7) is 5.94. The normalized spacial score (nSPS) is 13.8. The molecule has 1 aromatic carbocycles. The van der Waals surface area contributed by atoms with E-state index in [0.29, 0.717) is 6.54 Å². The van der Waals surface area contributed by atoms with Crippen LogP contribution in [0.1, 0.15) is 32.4 Å². The van der Waals surface area contributed by atoms with E-state index in [9.17, 15) is 8.42 Å². The topological polar surface area (TPSA) is 46.2 Å². The molecule has 0 saturated heterocycles. The number of benzene rings is 1. The van der Waals surface area contributed by atoms with Crippen molar-refractivity contribution in [2.24, 2.45) is 0 Å². The molecule has 0 aliphatic carbocycles. The Labute approximate surface area is 118 Å². The summed E-state index contributed by atoms with van der Waals surface area (Å²) in [7, 11) is -2.96. The van der Waals surface area contributed by atoms with Crippen molar-refractivity contribution in [1.29, 1.82) is 0 Å². The van der Waals surface area contributed by atoms with Gasteiger partial charge < -0.3 is 5.32 Å². The molecule has 0 aliphatic rings. The van der Waals surface area contributed by atoms with E-state index in [1.165, 1.54) is 0 Å². The molecule has 1 rings (SSSR count). The molecule has 0 radical (unpaired) electrons. The van der Waals surface area contributed by atoms with Crippen molar-refractivity contribution in [2.75, 3.05) is 12.3 Å². The van der Waals surface area contributed by atoms with E-state index in [-0.39, 0.29) is 17.0 Å². The number of rotatable bonds is 6. The highest BCUT2D eigenvalue weighted by Crippen LogP contribution is 2.17. The van der Waals surface area contributed by atoms with Crippen molar-refractivity contribution in [3.8, 4) is 0 Å². The van der Waals surface area contributed by atoms with Gasteiger partial charge in [-0.2, -0.15) is 0 Å². The quantitative estimate of drug-likeness (QED) is 0.870. The van der Waals surface area contributed by atoms with Gasteiger partial charge in [-0.15, -0.1) is 0 Å². The third-order valence-electron chi connectivity index (χ3n) is 2.90. The van der Waals surface area contributed by atoms with E-state index in [4.69, 9.17) is 0 Å². The largest absolute Gasteiger partial charge is 0.309 e. The molecular formula is C13H20BrNO2S. The molecule has 0 fully saturated rings. The monoisotopic (exact) mass is 333 g/mol. The van der Waals surface area contributed by atoms with Gasteiger partial charge in [0.2, 0.25) is 0 Å². The molecule has 1 N–H and O–H groups in total. The van der Waals surface area contributed by atoms with Crippen LogP contribution in [0, 0.1) is 0 Å². The van der Waals surface area contributed by atoms with E-state index >= 15 is 0 Å². The van der Waals surface area contributed by atoms with Gasteiger partial charge in [0.15, 0.2) is 9.84 Å². The molecule has 0 saturated carbocycles. The summed E-state index contributed by atoms with van der Waals surface area (Å²) in [5.41, 5.74) is 1.14. The number of hydrogen-bond acceptors (Lipinski definition) is 3. The predicted molar refractivity (Wildman–Crippen MR) is 79.5 cm³/mol. The van der Waals surface area contributed by atoms with E-state index in [1.807, 2.05) is 31.2 Å². The summed E-state index contributed by atoms with van der Waals surface area (Å²) in [6.07, 6.45) is 0. The molecule has 0 unspecified atom stereocenters. The van der Waals surface area contributed by atoms with Crippen LogP contribution in [-0.4, -0.2) is 26.0 Å². The fraction of sp³-hybridized carbons (Fsp3) is 0.538. The van der Waals surface area contributed by atoms with Crippen molar-refractivity contribution in [2.45, 2.75) is 32.1 Å². The van der Waals surface area contributed by atoms with Gasteiger partial charge in [0.1, 0.15) is 0 Å². The molecule has 3 nitrogen and oxygen atoms in total. The smallest absolute Gasteiger partial charge is 0.153 e. The van der Waals surface area contributed by atoms with Crippen molar-refractivity contribution in [3.05, 3.63) is 34.3 Å². The lowest BCUT2D eigenvalue weighted by Gasteiger charge is -2.15. The maximum absolute atomic E-state index is 11.7. The first kappa shape index (κ1) is 15.7. The molecule has 0 aliphatic heterocycles. The zero-order chi connectivity index (χ0) is 13.8. The molecule has 0 amide bonds. The van der Waals surface area contributed by atoms with Crippen LogP contribution in [0.2, 0.25) is 0 Å². The Balaban J connectivity index is 2.50.